The van der Waals surface area contributed by atoms with Crippen LogP contribution >= 0.6 is 11.3 Å². The Bertz CT molecular complexity index is 416. The van der Waals surface area contributed by atoms with Gasteiger partial charge in [0.25, 0.3) is 0 Å². The third kappa shape index (κ3) is 2.45. The maximum absolute atomic E-state index is 12.5. The molecule has 0 radical (unpaired) electrons. The third-order valence-electron chi connectivity index (χ3n) is 3.83. The van der Waals surface area contributed by atoms with Gasteiger partial charge in [-0.3, -0.25) is 4.79 Å². The molecule has 2 heterocycles. The monoisotopic (exact) mass is 266 g/mol. The highest BCUT2D eigenvalue weighted by atomic mass is 32.1. The second kappa shape index (κ2) is 5.85. The second-order valence-electron chi connectivity index (χ2n) is 4.98. The molecule has 1 aliphatic rings. The minimum Gasteiger partial charge on any atom is -0.335 e. The maximum atomic E-state index is 12.5. The first-order chi connectivity index (χ1) is 8.69. The van der Waals surface area contributed by atoms with E-state index in [4.69, 9.17) is 5.73 Å². The maximum Gasteiger partial charge on any atom is 0.227 e. The van der Waals surface area contributed by atoms with E-state index in [0.29, 0.717) is 6.54 Å². The van der Waals surface area contributed by atoms with Crippen molar-refractivity contribution in [1.29, 1.82) is 0 Å². The van der Waals surface area contributed by atoms with E-state index < -0.39 is 0 Å². The van der Waals surface area contributed by atoms with Gasteiger partial charge in [-0.15, -0.1) is 11.3 Å². The van der Waals surface area contributed by atoms with Gasteiger partial charge in [-0.2, -0.15) is 0 Å². The van der Waals surface area contributed by atoms with E-state index in [1.807, 2.05) is 4.90 Å². The molecule has 0 aromatic carbocycles. The van der Waals surface area contributed by atoms with Gasteiger partial charge in [0.15, 0.2) is 0 Å². The fraction of sp³-hybridized carbons (Fsp3) is 0.643. The summed E-state index contributed by atoms with van der Waals surface area (Å²) < 4.78 is 0. The van der Waals surface area contributed by atoms with Gasteiger partial charge in [-0.05, 0) is 36.8 Å². The van der Waals surface area contributed by atoms with E-state index in [2.05, 4.69) is 25.3 Å². The van der Waals surface area contributed by atoms with Gasteiger partial charge in [0.2, 0.25) is 5.91 Å². The largest absolute Gasteiger partial charge is 0.335 e. The highest BCUT2D eigenvalue weighted by Crippen LogP contribution is 2.33. The molecule has 0 spiro atoms. The van der Waals surface area contributed by atoms with Gasteiger partial charge in [0.1, 0.15) is 0 Å². The molecule has 0 fully saturated rings. The molecular formula is C14H22N2OS. The number of fused-ring (bicyclic) bond motifs is 1. The van der Waals surface area contributed by atoms with Crippen LogP contribution in [0.3, 0.4) is 0 Å². The zero-order valence-corrected chi connectivity index (χ0v) is 12.0. The Morgan fingerprint density at radius 3 is 3.11 bits per heavy atom. The third-order valence-corrected chi connectivity index (χ3v) is 4.83. The van der Waals surface area contributed by atoms with Crippen LogP contribution in [0.4, 0.5) is 0 Å². The van der Waals surface area contributed by atoms with Crippen LogP contribution in [0.15, 0.2) is 11.4 Å². The first kappa shape index (κ1) is 13.6. The lowest BCUT2D eigenvalue weighted by atomic mass is 9.96. The number of hydrogen-bond acceptors (Lipinski definition) is 3. The fourth-order valence-corrected chi connectivity index (χ4v) is 3.70. The number of nitrogens with two attached hydrogens (primary N) is 1. The number of rotatable bonds is 4. The first-order valence-corrected chi connectivity index (χ1v) is 7.63. The van der Waals surface area contributed by atoms with Crippen molar-refractivity contribution in [3.8, 4) is 0 Å². The van der Waals surface area contributed by atoms with E-state index in [1.165, 1.54) is 10.4 Å². The summed E-state index contributed by atoms with van der Waals surface area (Å²) in [4.78, 5) is 16.0. The Kier molecular flexibility index (Phi) is 4.40. The molecule has 100 valence electrons. The minimum absolute atomic E-state index is 0.00219. The summed E-state index contributed by atoms with van der Waals surface area (Å²) in [5.41, 5.74) is 7.07. The van der Waals surface area contributed by atoms with Crippen LogP contribution in [0.25, 0.3) is 0 Å². The second-order valence-corrected chi connectivity index (χ2v) is 5.98. The average Bonchev–Trinajstić information content (AvgIpc) is 2.85. The smallest absolute Gasteiger partial charge is 0.227 e. The van der Waals surface area contributed by atoms with Gasteiger partial charge >= 0.3 is 0 Å². The Morgan fingerprint density at radius 1 is 1.67 bits per heavy atom. The number of nitrogens with zero attached hydrogens (tertiary/aromatic N) is 1. The number of hydrogen-bond donors (Lipinski definition) is 1. The Labute approximate surface area is 113 Å². The Balaban J connectivity index is 2.13. The van der Waals surface area contributed by atoms with Crippen molar-refractivity contribution in [3.05, 3.63) is 21.9 Å². The molecule has 3 nitrogen and oxygen atoms in total. The van der Waals surface area contributed by atoms with E-state index in [-0.39, 0.29) is 17.9 Å². The predicted molar refractivity (Wildman–Crippen MR) is 75.6 cm³/mol. The van der Waals surface area contributed by atoms with Crippen LogP contribution < -0.4 is 5.73 Å². The highest BCUT2D eigenvalue weighted by Gasteiger charge is 2.31. The fourth-order valence-electron chi connectivity index (χ4n) is 2.74. The standard InChI is InChI=1S/C14H22N2OS/c1-3-4-11(9-15)14(17)16-7-5-13-12(10(16)2)6-8-18-13/h6,8,10-11H,3-5,7,9,15H2,1-2H3. The van der Waals surface area contributed by atoms with E-state index in [9.17, 15) is 4.79 Å². The molecule has 0 saturated heterocycles. The molecule has 1 aromatic heterocycles. The molecule has 1 amide bonds. The van der Waals surface area contributed by atoms with Crippen molar-refractivity contribution in [3.63, 3.8) is 0 Å². The number of thiophene rings is 1. The summed E-state index contributed by atoms with van der Waals surface area (Å²) in [5.74, 6) is 0.237. The number of carbonyl (C=O) groups is 1. The summed E-state index contributed by atoms with van der Waals surface area (Å²) in [6, 6.07) is 2.36. The van der Waals surface area contributed by atoms with Crippen LogP contribution in [0.5, 0.6) is 0 Å². The summed E-state index contributed by atoms with van der Waals surface area (Å²) in [6.07, 6.45) is 2.90. The average molecular weight is 266 g/mol. The zero-order chi connectivity index (χ0) is 13.1. The summed E-state index contributed by atoms with van der Waals surface area (Å²) in [6.45, 7) is 5.54. The number of amides is 1. The van der Waals surface area contributed by atoms with Gasteiger partial charge in [0.05, 0.1) is 12.0 Å². The SMILES string of the molecule is CCCC(CN)C(=O)N1CCc2sccc2C1C. The predicted octanol–water partition coefficient (Wildman–Crippen LogP) is 2.57. The van der Waals surface area contributed by atoms with Gasteiger partial charge in [-0.25, -0.2) is 0 Å². The van der Waals surface area contributed by atoms with Crippen molar-refractivity contribution in [2.45, 2.75) is 39.2 Å². The normalized spacial score (nSPS) is 20.6. The molecule has 4 heteroatoms. The van der Waals surface area contributed by atoms with Crippen molar-refractivity contribution < 1.29 is 4.79 Å². The van der Waals surface area contributed by atoms with Crippen LogP contribution in [-0.2, 0) is 11.2 Å². The topological polar surface area (TPSA) is 46.3 Å². The van der Waals surface area contributed by atoms with Crippen molar-refractivity contribution >= 4 is 17.2 Å². The van der Waals surface area contributed by atoms with E-state index in [0.717, 1.165) is 25.8 Å². The first-order valence-electron chi connectivity index (χ1n) is 6.75. The van der Waals surface area contributed by atoms with E-state index in [1.54, 1.807) is 11.3 Å². The van der Waals surface area contributed by atoms with Gasteiger partial charge in [-0.1, -0.05) is 13.3 Å². The van der Waals surface area contributed by atoms with Crippen LogP contribution in [0, 0.1) is 5.92 Å². The minimum atomic E-state index is -0.00219. The summed E-state index contributed by atoms with van der Waals surface area (Å²) >= 11 is 1.80. The quantitative estimate of drug-likeness (QED) is 0.910. The molecular weight excluding hydrogens is 244 g/mol. The van der Waals surface area contributed by atoms with Crippen LogP contribution in [0.2, 0.25) is 0 Å². The molecule has 0 saturated carbocycles. The molecule has 1 aliphatic heterocycles. The Hall–Kier alpha value is -0.870. The lowest BCUT2D eigenvalue weighted by Crippen LogP contribution is -2.43. The molecule has 0 bridgehead atoms. The van der Waals surface area contributed by atoms with Crippen LogP contribution in [-0.4, -0.2) is 23.9 Å². The summed E-state index contributed by atoms with van der Waals surface area (Å²) in [7, 11) is 0. The lowest BCUT2D eigenvalue weighted by Gasteiger charge is -2.36. The van der Waals surface area contributed by atoms with Gasteiger partial charge in [0, 0.05) is 18.0 Å². The molecule has 0 aliphatic carbocycles. The molecule has 1 aromatic rings. The Morgan fingerprint density at radius 2 is 2.44 bits per heavy atom. The molecule has 2 N–H and O–H groups in total. The van der Waals surface area contributed by atoms with Crippen molar-refractivity contribution in [2.75, 3.05) is 13.1 Å². The van der Waals surface area contributed by atoms with Crippen molar-refractivity contribution in [1.82, 2.24) is 4.90 Å². The molecule has 2 atom stereocenters. The van der Waals surface area contributed by atoms with Gasteiger partial charge < -0.3 is 10.6 Å². The zero-order valence-electron chi connectivity index (χ0n) is 11.2. The lowest BCUT2D eigenvalue weighted by molar-refractivity contribution is -0.138. The molecule has 18 heavy (non-hydrogen) atoms. The van der Waals surface area contributed by atoms with E-state index >= 15 is 0 Å². The molecule has 2 rings (SSSR count). The van der Waals surface area contributed by atoms with Crippen molar-refractivity contribution in [2.24, 2.45) is 11.7 Å². The number of carbonyl (C=O) groups excluding carboxylic acids is 1. The van der Waals surface area contributed by atoms with Crippen LogP contribution in [0.1, 0.15) is 43.2 Å². The molecule has 2 unspecified atom stereocenters. The highest BCUT2D eigenvalue weighted by molar-refractivity contribution is 7.10. The summed E-state index contributed by atoms with van der Waals surface area (Å²) in [5, 5.41) is 2.13.